The van der Waals surface area contributed by atoms with E-state index < -0.39 is 0 Å². The summed E-state index contributed by atoms with van der Waals surface area (Å²) in [5, 5.41) is 0. The first-order valence-electron chi connectivity index (χ1n) is 6.38. The van der Waals surface area contributed by atoms with Crippen LogP contribution in [0.3, 0.4) is 0 Å². The number of hydrogen-bond acceptors (Lipinski definition) is 3. The van der Waals surface area contributed by atoms with Crippen molar-refractivity contribution in [2.24, 2.45) is 0 Å². The normalized spacial score (nSPS) is 16.8. The minimum Gasteiger partial charge on any atom is -0.497 e. The zero-order valence-corrected chi connectivity index (χ0v) is 10.8. The molecule has 0 aliphatic heterocycles. The third kappa shape index (κ3) is 2.65. The van der Waals surface area contributed by atoms with Crippen molar-refractivity contribution in [3.05, 3.63) is 18.2 Å². The highest BCUT2D eigenvalue weighted by Gasteiger charge is 2.19. The van der Waals surface area contributed by atoms with Crippen LogP contribution in [-0.4, -0.2) is 20.2 Å². The minimum absolute atomic E-state index is 0.638. The molecule has 3 nitrogen and oxygen atoms in total. The van der Waals surface area contributed by atoms with E-state index in [1.54, 1.807) is 7.11 Å². The van der Waals surface area contributed by atoms with Crippen molar-refractivity contribution in [3.63, 3.8) is 0 Å². The first-order valence-corrected chi connectivity index (χ1v) is 6.38. The largest absolute Gasteiger partial charge is 0.497 e. The molecule has 94 valence electrons. The average Bonchev–Trinajstić information content (AvgIpc) is 2.39. The van der Waals surface area contributed by atoms with E-state index >= 15 is 0 Å². The van der Waals surface area contributed by atoms with Crippen LogP contribution in [0.4, 0.5) is 11.4 Å². The van der Waals surface area contributed by atoms with Crippen LogP contribution in [0.15, 0.2) is 18.2 Å². The summed E-state index contributed by atoms with van der Waals surface area (Å²) in [6, 6.07) is 6.57. The Morgan fingerprint density at radius 3 is 2.53 bits per heavy atom. The van der Waals surface area contributed by atoms with Crippen molar-refractivity contribution >= 4 is 11.4 Å². The van der Waals surface area contributed by atoms with Crippen LogP contribution in [0, 0.1) is 0 Å². The molecule has 0 atom stereocenters. The van der Waals surface area contributed by atoms with Gasteiger partial charge in [0.2, 0.25) is 0 Å². The topological polar surface area (TPSA) is 38.5 Å². The van der Waals surface area contributed by atoms with Crippen molar-refractivity contribution in [1.29, 1.82) is 0 Å². The zero-order valence-electron chi connectivity index (χ0n) is 10.8. The van der Waals surface area contributed by atoms with E-state index in [0.717, 1.165) is 17.1 Å². The second kappa shape index (κ2) is 5.30. The predicted octanol–water partition coefficient (Wildman–Crippen LogP) is 3.05. The third-order valence-electron chi connectivity index (χ3n) is 3.74. The fourth-order valence-electron chi connectivity index (χ4n) is 2.65. The molecule has 1 aliphatic rings. The summed E-state index contributed by atoms with van der Waals surface area (Å²) < 4.78 is 5.18. The minimum atomic E-state index is 0.638. The predicted molar refractivity (Wildman–Crippen MR) is 72.7 cm³/mol. The van der Waals surface area contributed by atoms with Gasteiger partial charge in [-0.2, -0.15) is 0 Å². The molecule has 0 saturated heterocycles. The van der Waals surface area contributed by atoms with Crippen molar-refractivity contribution < 1.29 is 4.74 Å². The number of nitrogen functional groups attached to an aromatic ring is 1. The molecule has 2 N–H and O–H groups in total. The second-order valence-corrected chi connectivity index (χ2v) is 4.83. The Balaban J connectivity index is 2.15. The number of anilines is 2. The molecule has 0 unspecified atom stereocenters. The number of benzene rings is 1. The van der Waals surface area contributed by atoms with Gasteiger partial charge in [-0.3, -0.25) is 0 Å². The highest BCUT2D eigenvalue weighted by atomic mass is 16.5. The maximum atomic E-state index is 6.08. The quantitative estimate of drug-likeness (QED) is 0.817. The van der Waals surface area contributed by atoms with Gasteiger partial charge < -0.3 is 15.4 Å². The second-order valence-electron chi connectivity index (χ2n) is 4.83. The number of ether oxygens (including phenoxy) is 1. The summed E-state index contributed by atoms with van der Waals surface area (Å²) >= 11 is 0. The number of nitrogens with two attached hydrogens (primary N) is 1. The highest BCUT2D eigenvalue weighted by molar-refractivity contribution is 5.69. The van der Waals surface area contributed by atoms with Gasteiger partial charge in [-0.05, 0) is 25.0 Å². The molecule has 1 aromatic rings. The number of nitrogens with zero attached hydrogens (tertiary/aromatic N) is 1. The van der Waals surface area contributed by atoms with E-state index in [1.165, 1.54) is 32.1 Å². The van der Waals surface area contributed by atoms with Crippen LogP contribution in [0.5, 0.6) is 5.75 Å². The monoisotopic (exact) mass is 234 g/mol. The molecular weight excluding hydrogens is 212 g/mol. The maximum absolute atomic E-state index is 6.08. The molecular formula is C14H22N2O. The number of hydrogen-bond donors (Lipinski definition) is 1. The Morgan fingerprint density at radius 2 is 1.94 bits per heavy atom. The van der Waals surface area contributed by atoms with E-state index in [2.05, 4.69) is 18.0 Å². The van der Waals surface area contributed by atoms with Gasteiger partial charge in [-0.25, -0.2) is 0 Å². The Hall–Kier alpha value is -1.38. The lowest BCUT2D eigenvalue weighted by molar-refractivity contribution is 0.414. The van der Waals surface area contributed by atoms with Gasteiger partial charge in [-0.15, -0.1) is 0 Å². The van der Waals surface area contributed by atoms with Gasteiger partial charge >= 0.3 is 0 Å². The Labute approximate surface area is 104 Å². The van der Waals surface area contributed by atoms with Gasteiger partial charge in [0, 0.05) is 19.2 Å². The number of methoxy groups -OCH3 is 1. The molecule has 17 heavy (non-hydrogen) atoms. The molecule has 1 aromatic carbocycles. The summed E-state index contributed by atoms with van der Waals surface area (Å²) in [6.07, 6.45) is 6.61. The summed E-state index contributed by atoms with van der Waals surface area (Å²) in [5.74, 6) is 0.822. The van der Waals surface area contributed by atoms with Gasteiger partial charge in [0.05, 0.1) is 18.5 Å². The standard InChI is InChI=1S/C14H22N2O/c1-16(11-6-4-3-5-7-11)14-9-8-12(17-2)10-13(14)15/h8-11H,3-7,15H2,1-2H3. The molecule has 3 heteroatoms. The molecule has 1 fully saturated rings. The molecule has 0 spiro atoms. The lowest BCUT2D eigenvalue weighted by Crippen LogP contribution is -2.33. The molecule has 1 aliphatic carbocycles. The van der Waals surface area contributed by atoms with Gasteiger partial charge in [0.15, 0.2) is 0 Å². The molecule has 2 rings (SSSR count). The van der Waals surface area contributed by atoms with E-state index in [0.29, 0.717) is 6.04 Å². The summed E-state index contributed by atoms with van der Waals surface area (Å²) in [7, 11) is 3.81. The molecule has 0 amide bonds. The Morgan fingerprint density at radius 1 is 1.24 bits per heavy atom. The summed E-state index contributed by atoms with van der Waals surface area (Å²) in [6.45, 7) is 0. The zero-order chi connectivity index (χ0) is 12.3. The third-order valence-corrected chi connectivity index (χ3v) is 3.74. The van der Waals surface area contributed by atoms with Crippen LogP contribution in [0.2, 0.25) is 0 Å². The van der Waals surface area contributed by atoms with Gasteiger partial charge in [0.25, 0.3) is 0 Å². The van der Waals surface area contributed by atoms with Crippen LogP contribution < -0.4 is 15.4 Å². The molecule has 0 aromatic heterocycles. The molecule has 0 heterocycles. The average molecular weight is 234 g/mol. The Bertz CT molecular complexity index is 372. The first-order chi connectivity index (χ1) is 8.22. The van der Waals surface area contributed by atoms with E-state index in [1.807, 2.05) is 12.1 Å². The molecule has 0 radical (unpaired) electrons. The maximum Gasteiger partial charge on any atom is 0.121 e. The molecule has 1 saturated carbocycles. The highest BCUT2D eigenvalue weighted by Crippen LogP contribution is 2.31. The molecule has 0 bridgehead atoms. The van der Waals surface area contributed by atoms with Crippen LogP contribution in [0.1, 0.15) is 32.1 Å². The smallest absolute Gasteiger partial charge is 0.121 e. The fraction of sp³-hybridized carbons (Fsp3) is 0.571. The van der Waals surface area contributed by atoms with E-state index in [9.17, 15) is 0 Å². The van der Waals surface area contributed by atoms with E-state index in [-0.39, 0.29) is 0 Å². The van der Waals surface area contributed by atoms with Crippen molar-refractivity contribution in [1.82, 2.24) is 0 Å². The van der Waals surface area contributed by atoms with Crippen molar-refractivity contribution in [3.8, 4) is 5.75 Å². The summed E-state index contributed by atoms with van der Waals surface area (Å²) in [4.78, 5) is 2.33. The van der Waals surface area contributed by atoms with Gasteiger partial charge in [-0.1, -0.05) is 19.3 Å². The van der Waals surface area contributed by atoms with Gasteiger partial charge in [0.1, 0.15) is 5.75 Å². The SMILES string of the molecule is COc1ccc(N(C)C2CCCCC2)c(N)c1. The van der Waals surface area contributed by atoms with Crippen LogP contribution >= 0.6 is 0 Å². The van der Waals surface area contributed by atoms with Crippen LogP contribution in [-0.2, 0) is 0 Å². The fourth-order valence-corrected chi connectivity index (χ4v) is 2.65. The summed E-state index contributed by atoms with van der Waals surface area (Å²) in [5.41, 5.74) is 8.01. The van der Waals surface area contributed by atoms with Crippen LogP contribution in [0.25, 0.3) is 0 Å². The number of rotatable bonds is 3. The lowest BCUT2D eigenvalue weighted by Gasteiger charge is -2.33. The van der Waals surface area contributed by atoms with E-state index in [4.69, 9.17) is 10.5 Å². The first kappa shape index (κ1) is 12.1. The van der Waals surface area contributed by atoms with Crippen molar-refractivity contribution in [2.75, 3.05) is 24.8 Å². The van der Waals surface area contributed by atoms with Crippen molar-refractivity contribution in [2.45, 2.75) is 38.1 Å². The lowest BCUT2D eigenvalue weighted by atomic mass is 9.94. The Kier molecular flexibility index (Phi) is 3.77.